The van der Waals surface area contributed by atoms with Crippen LogP contribution in [0.3, 0.4) is 0 Å². The van der Waals surface area contributed by atoms with Crippen molar-refractivity contribution in [2.45, 2.75) is 32.8 Å². The van der Waals surface area contributed by atoms with Crippen molar-refractivity contribution in [1.29, 1.82) is 0 Å². The number of benzene rings is 1. The summed E-state index contributed by atoms with van der Waals surface area (Å²) in [6.07, 6.45) is 0.913. The molecule has 4 heteroatoms. The van der Waals surface area contributed by atoms with Crippen LogP contribution in [-0.2, 0) is 0 Å². The maximum Gasteiger partial charge on any atom is 0.257 e. The number of phenols is 1. The van der Waals surface area contributed by atoms with Crippen LogP contribution in [0.1, 0.15) is 34.3 Å². The molecule has 1 aromatic rings. The lowest BCUT2D eigenvalue weighted by atomic mass is 10.0. The van der Waals surface area contributed by atoms with E-state index in [1.807, 2.05) is 13.0 Å². The van der Waals surface area contributed by atoms with E-state index in [1.165, 1.54) is 0 Å². The summed E-state index contributed by atoms with van der Waals surface area (Å²) in [6, 6.07) is 3.57. The minimum Gasteiger partial charge on any atom is -0.507 e. The third kappa shape index (κ3) is 2.48. The molecule has 2 N–H and O–H groups in total. The average Bonchev–Trinajstić information content (AvgIpc) is 2.34. The predicted molar refractivity (Wildman–Crippen MR) is 68.7 cm³/mol. The minimum atomic E-state index is -0.304. The van der Waals surface area contributed by atoms with Crippen LogP contribution in [0, 0.1) is 13.8 Å². The first-order valence-corrected chi connectivity index (χ1v) is 6.26. The van der Waals surface area contributed by atoms with Gasteiger partial charge >= 0.3 is 0 Å². The van der Waals surface area contributed by atoms with Gasteiger partial charge in [-0.15, -0.1) is 0 Å². The van der Waals surface area contributed by atoms with Crippen LogP contribution in [0.5, 0.6) is 5.75 Å². The molecule has 1 amide bonds. The summed E-state index contributed by atoms with van der Waals surface area (Å²) in [6.45, 7) is 4.79. The van der Waals surface area contributed by atoms with Crippen molar-refractivity contribution in [1.82, 2.24) is 4.90 Å². The van der Waals surface area contributed by atoms with Crippen molar-refractivity contribution in [2.75, 3.05) is 13.1 Å². The number of aryl methyl sites for hydroxylation is 2. The molecule has 1 fully saturated rings. The number of aliphatic hydroxyl groups is 1. The van der Waals surface area contributed by atoms with Crippen molar-refractivity contribution in [2.24, 2.45) is 0 Å². The summed E-state index contributed by atoms with van der Waals surface area (Å²) in [5.74, 6) is -0.0806. The van der Waals surface area contributed by atoms with Gasteiger partial charge in [0.15, 0.2) is 0 Å². The molecular formula is C14H19NO3. The van der Waals surface area contributed by atoms with E-state index in [-0.39, 0.29) is 17.8 Å². The lowest BCUT2D eigenvalue weighted by Crippen LogP contribution is -2.40. The molecule has 0 spiro atoms. The smallest absolute Gasteiger partial charge is 0.257 e. The number of nitrogens with zero attached hydrogens (tertiary/aromatic N) is 1. The lowest BCUT2D eigenvalue weighted by molar-refractivity contribution is 0.0544. The number of carbonyl (C=O) groups is 1. The summed E-state index contributed by atoms with van der Waals surface area (Å²) in [4.78, 5) is 14.0. The molecule has 1 saturated heterocycles. The number of amides is 1. The number of likely N-dealkylation sites (tertiary alicyclic amines) is 1. The van der Waals surface area contributed by atoms with Gasteiger partial charge in [-0.3, -0.25) is 4.79 Å². The zero-order valence-corrected chi connectivity index (χ0v) is 10.8. The fourth-order valence-corrected chi connectivity index (χ4v) is 2.36. The number of hydrogen-bond donors (Lipinski definition) is 2. The van der Waals surface area contributed by atoms with Crippen LogP contribution in [0.4, 0.5) is 0 Å². The summed E-state index contributed by atoms with van der Waals surface area (Å²) < 4.78 is 0. The molecular weight excluding hydrogens is 230 g/mol. The molecule has 1 heterocycles. The van der Waals surface area contributed by atoms with E-state index in [1.54, 1.807) is 17.9 Å². The molecule has 0 unspecified atom stereocenters. The molecule has 1 aliphatic rings. The van der Waals surface area contributed by atoms with Crippen LogP contribution in [0.15, 0.2) is 12.1 Å². The van der Waals surface area contributed by atoms with E-state index in [0.717, 1.165) is 11.1 Å². The number of rotatable bonds is 1. The van der Waals surface area contributed by atoms with Crippen LogP contribution in [0.25, 0.3) is 0 Å². The lowest BCUT2D eigenvalue weighted by Gasteiger charge is -2.30. The van der Waals surface area contributed by atoms with Crippen molar-refractivity contribution in [3.05, 3.63) is 28.8 Å². The number of piperidine rings is 1. The van der Waals surface area contributed by atoms with E-state index in [0.29, 0.717) is 31.5 Å². The molecule has 1 aliphatic heterocycles. The van der Waals surface area contributed by atoms with Crippen LogP contribution in [0.2, 0.25) is 0 Å². The Bertz CT molecular complexity index is 462. The van der Waals surface area contributed by atoms with Gasteiger partial charge in [0.1, 0.15) is 5.75 Å². The zero-order chi connectivity index (χ0) is 13.3. The number of aliphatic hydroxyl groups excluding tert-OH is 1. The highest BCUT2D eigenvalue weighted by atomic mass is 16.3. The van der Waals surface area contributed by atoms with E-state index in [2.05, 4.69) is 0 Å². The van der Waals surface area contributed by atoms with E-state index in [4.69, 9.17) is 0 Å². The second kappa shape index (κ2) is 4.98. The Morgan fingerprint density at radius 3 is 2.50 bits per heavy atom. The summed E-state index contributed by atoms with van der Waals surface area (Å²) in [5, 5.41) is 19.4. The van der Waals surface area contributed by atoms with Crippen molar-refractivity contribution in [3.8, 4) is 5.75 Å². The Hall–Kier alpha value is -1.55. The largest absolute Gasteiger partial charge is 0.507 e. The quantitative estimate of drug-likeness (QED) is 0.795. The number of hydrogen-bond acceptors (Lipinski definition) is 3. The van der Waals surface area contributed by atoms with Gasteiger partial charge in [0.25, 0.3) is 5.91 Å². The van der Waals surface area contributed by atoms with Crippen molar-refractivity contribution >= 4 is 5.91 Å². The molecule has 18 heavy (non-hydrogen) atoms. The van der Waals surface area contributed by atoms with Gasteiger partial charge in [-0.2, -0.15) is 0 Å². The van der Waals surface area contributed by atoms with Crippen LogP contribution in [-0.4, -0.2) is 40.2 Å². The summed E-state index contributed by atoms with van der Waals surface area (Å²) in [7, 11) is 0. The van der Waals surface area contributed by atoms with Gasteiger partial charge in [-0.05, 0) is 43.9 Å². The van der Waals surface area contributed by atoms with Crippen LogP contribution < -0.4 is 0 Å². The Morgan fingerprint density at radius 2 is 1.89 bits per heavy atom. The first kappa shape index (κ1) is 12.9. The molecule has 1 aromatic carbocycles. The monoisotopic (exact) mass is 249 g/mol. The Balaban J connectivity index is 2.23. The SMILES string of the molecule is Cc1cc(C)c(O)c(C(=O)N2CCC(O)CC2)c1. The predicted octanol–water partition coefficient (Wildman–Crippen LogP) is 1.61. The highest BCUT2D eigenvalue weighted by Crippen LogP contribution is 2.26. The maximum atomic E-state index is 12.3. The maximum absolute atomic E-state index is 12.3. The molecule has 0 aliphatic carbocycles. The second-order valence-corrected chi connectivity index (χ2v) is 5.00. The summed E-state index contributed by atoms with van der Waals surface area (Å²) >= 11 is 0. The van der Waals surface area contributed by atoms with Crippen molar-refractivity contribution in [3.63, 3.8) is 0 Å². The standard InChI is InChI=1S/C14H19NO3/c1-9-7-10(2)13(17)12(8-9)14(18)15-5-3-11(16)4-6-15/h7-8,11,16-17H,3-6H2,1-2H3. The molecule has 0 radical (unpaired) electrons. The zero-order valence-electron chi connectivity index (χ0n) is 10.8. The number of carbonyl (C=O) groups excluding carboxylic acids is 1. The minimum absolute atomic E-state index is 0.0664. The summed E-state index contributed by atoms with van der Waals surface area (Å²) in [5.41, 5.74) is 2.05. The van der Waals surface area contributed by atoms with E-state index < -0.39 is 0 Å². The Kier molecular flexibility index (Phi) is 3.57. The fraction of sp³-hybridized carbons (Fsp3) is 0.500. The molecule has 0 bridgehead atoms. The third-order valence-electron chi connectivity index (χ3n) is 3.43. The van der Waals surface area contributed by atoms with E-state index in [9.17, 15) is 15.0 Å². The molecule has 2 rings (SSSR count). The Morgan fingerprint density at radius 1 is 1.28 bits per heavy atom. The number of aromatic hydroxyl groups is 1. The fourth-order valence-electron chi connectivity index (χ4n) is 2.36. The second-order valence-electron chi connectivity index (χ2n) is 5.00. The van der Waals surface area contributed by atoms with E-state index >= 15 is 0 Å². The van der Waals surface area contributed by atoms with Gasteiger partial charge in [0.05, 0.1) is 11.7 Å². The average molecular weight is 249 g/mol. The first-order chi connectivity index (χ1) is 8.49. The number of phenolic OH excluding ortho intramolecular Hbond substituents is 1. The highest BCUT2D eigenvalue weighted by molar-refractivity contribution is 5.97. The van der Waals surface area contributed by atoms with Gasteiger partial charge in [-0.25, -0.2) is 0 Å². The van der Waals surface area contributed by atoms with Gasteiger partial charge < -0.3 is 15.1 Å². The molecule has 0 atom stereocenters. The van der Waals surface area contributed by atoms with Gasteiger partial charge in [0.2, 0.25) is 0 Å². The Labute approximate surface area is 107 Å². The first-order valence-electron chi connectivity index (χ1n) is 6.26. The van der Waals surface area contributed by atoms with Gasteiger partial charge in [-0.1, -0.05) is 6.07 Å². The normalized spacial score (nSPS) is 16.9. The van der Waals surface area contributed by atoms with Crippen molar-refractivity contribution < 1.29 is 15.0 Å². The molecule has 4 nitrogen and oxygen atoms in total. The van der Waals surface area contributed by atoms with Crippen LogP contribution >= 0.6 is 0 Å². The van der Waals surface area contributed by atoms with Gasteiger partial charge in [0, 0.05) is 13.1 Å². The molecule has 0 saturated carbocycles. The highest BCUT2D eigenvalue weighted by Gasteiger charge is 2.24. The molecule has 98 valence electrons. The third-order valence-corrected chi connectivity index (χ3v) is 3.43. The topological polar surface area (TPSA) is 60.8 Å². The molecule has 0 aromatic heterocycles.